The lowest BCUT2D eigenvalue weighted by molar-refractivity contribution is 0.252. The quantitative estimate of drug-likeness (QED) is 0.836. The van der Waals surface area contributed by atoms with Gasteiger partial charge in [-0.2, -0.15) is 0 Å². The van der Waals surface area contributed by atoms with Gasteiger partial charge in [0.15, 0.2) is 0 Å². The number of imidazole rings is 1. The van der Waals surface area contributed by atoms with Gasteiger partial charge in [0, 0.05) is 37.0 Å². The Balaban J connectivity index is 1.51. The van der Waals surface area contributed by atoms with Gasteiger partial charge in [-0.15, -0.1) is 0 Å². The maximum atomic E-state index is 5.67. The Labute approximate surface area is 113 Å². The Morgan fingerprint density at radius 2 is 2.32 bits per heavy atom. The summed E-state index contributed by atoms with van der Waals surface area (Å²) in [6.07, 6.45) is 7.84. The number of rotatable bonds is 5. The highest BCUT2D eigenvalue weighted by Gasteiger charge is 2.19. The molecule has 100 valence electrons. The summed E-state index contributed by atoms with van der Waals surface area (Å²) in [5.41, 5.74) is 1.29. The minimum atomic E-state index is 0.424. The molecule has 19 heavy (non-hydrogen) atoms. The number of ether oxygens (including phenoxy) is 1. The van der Waals surface area contributed by atoms with Crippen LogP contribution in [-0.2, 0) is 6.54 Å². The van der Waals surface area contributed by atoms with Gasteiger partial charge in [-0.25, -0.2) is 4.98 Å². The average molecular weight is 257 g/mol. The lowest BCUT2D eigenvalue weighted by Crippen LogP contribution is -2.28. The third-order valence-corrected chi connectivity index (χ3v) is 3.50. The van der Waals surface area contributed by atoms with Gasteiger partial charge < -0.3 is 14.6 Å². The molecule has 0 saturated carbocycles. The fourth-order valence-corrected chi connectivity index (χ4v) is 2.51. The topological polar surface area (TPSA) is 39.1 Å². The first-order valence-electron chi connectivity index (χ1n) is 6.84. The van der Waals surface area contributed by atoms with Crippen LogP contribution in [0.15, 0.2) is 43.0 Å². The number of benzene rings is 1. The molecule has 0 aliphatic carbocycles. The molecule has 4 heteroatoms. The van der Waals surface area contributed by atoms with E-state index >= 15 is 0 Å². The Bertz CT molecular complexity index is 510. The van der Waals surface area contributed by atoms with E-state index in [4.69, 9.17) is 4.74 Å². The van der Waals surface area contributed by atoms with Gasteiger partial charge in [0.25, 0.3) is 0 Å². The second-order valence-electron chi connectivity index (χ2n) is 4.84. The predicted molar refractivity (Wildman–Crippen MR) is 74.1 cm³/mol. The van der Waals surface area contributed by atoms with E-state index in [2.05, 4.69) is 33.1 Å². The highest BCUT2D eigenvalue weighted by atomic mass is 16.5. The zero-order chi connectivity index (χ0) is 12.9. The van der Waals surface area contributed by atoms with Gasteiger partial charge in [-0.3, -0.25) is 0 Å². The monoisotopic (exact) mass is 257 g/mol. The molecule has 1 atom stereocenters. The SMILES string of the molecule is c1ccc2c(c1)OCCC2NCCCn1ccnc1. The van der Waals surface area contributed by atoms with Crippen LogP contribution in [-0.4, -0.2) is 22.7 Å². The van der Waals surface area contributed by atoms with Gasteiger partial charge >= 0.3 is 0 Å². The van der Waals surface area contributed by atoms with E-state index < -0.39 is 0 Å². The third-order valence-electron chi connectivity index (χ3n) is 3.50. The number of nitrogens with zero attached hydrogens (tertiary/aromatic N) is 2. The Morgan fingerprint density at radius 3 is 3.21 bits per heavy atom. The van der Waals surface area contributed by atoms with Crippen molar-refractivity contribution in [1.29, 1.82) is 0 Å². The fraction of sp³-hybridized carbons (Fsp3) is 0.400. The Kier molecular flexibility index (Phi) is 3.79. The van der Waals surface area contributed by atoms with Crippen molar-refractivity contribution in [2.75, 3.05) is 13.2 Å². The summed E-state index contributed by atoms with van der Waals surface area (Å²) in [6, 6.07) is 8.73. The van der Waals surface area contributed by atoms with Crippen molar-refractivity contribution >= 4 is 0 Å². The summed E-state index contributed by atoms with van der Waals surface area (Å²) in [7, 11) is 0. The summed E-state index contributed by atoms with van der Waals surface area (Å²) in [4.78, 5) is 4.05. The maximum Gasteiger partial charge on any atom is 0.124 e. The van der Waals surface area contributed by atoms with Gasteiger partial charge in [-0.05, 0) is 19.0 Å². The first kappa shape index (κ1) is 12.2. The summed E-state index contributed by atoms with van der Waals surface area (Å²) < 4.78 is 7.78. The van der Waals surface area contributed by atoms with E-state index in [-0.39, 0.29) is 0 Å². The maximum absolute atomic E-state index is 5.67. The van der Waals surface area contributed by atoms with E-state index in [1.807, 2.05) is 24.8 Å². The normalized spacial score (nSPS) is 17.8. The zero-order valence-electron chi connectivity index (χ0n) is 11.0. The summed E-state index contributed by atoms with van der Waals surface area (Å²) >= 11 is 0. The minimum Gasteiger partial charge on any atom is -0.493 e. The molecular weight excluding hydrogens is 238 g/mol. The lowest BCUT2D eigenvalue weighted by Gasteiger charge is -2.26. The van der Waals surface area contributed by atoms with Crippen molar-refractivity contribution in [1.82, 2.24) is 14.9 Å². The van der Waals surface area contributed by atoms with Crippen molar-refractivity contribution < 1.29 is 4.74 Å². The van der Waals surface area contributed by atoms with E-state index in [9.17, 15) is 0 Å². The van der Waals surface area contributed by atoms with Gasteiger partial charge in [0.1, 0.15) is 5.75 Å². The van der Waals surface area contributed by atoms with Crippen LogP contribution in [0.2, 0.25) is 0 Å². The van der Waals surface area contributed by atoms with Crippen molar-refractivity contribution in [3.8, 4) is 5.75 Å². The highest BCUT2D eigenvalue weighted by molar-refractivity contribution is 5.37. The molecule has 0 saturated heterocycles. The van der Waals surface area contributed by atoms with Gasteiger partial charge in [0.05, 0.1) is 12.9 Å². The van der Waals surface area contributed by atoms with E-state index in [0.29, 0.717) is 6.04 Å². The smallest absolute Gasteiger partial charge is 0.124 e. The molecule has 2 heterocycles. The number of aryl methyl sites for hydroxylation is 1. The van der Waals surface area contributed by atoms with Gasteiger partial charge in [0.2, 0.25) is 0 Å². The molecule has 1 unspecified atom stereocenters. The molecule has 4 nitrogen and oxygen atoms in total. The summed E-state index contributed by atoms with van der Waals surface area (Å²) in [6.45, 7) is 2.82. The molecule has 3 rings (SSSR count). The number of para-hydroxylation sites is 1. The van der Waals surface area contributed by atoms with Crippen molar-refractivity contribution in [3.05, 3.63) is 48.5 Å². The van der Waals surface area contributed by atoms with Crippen LogP contribution < -0.4 is 10.1 Å². The number of hydrogen-bond donors (Lipinski definition) is 1. The minimum absolute atomic E-state index is 0.424. The second kappa shape index (κ2) is 5.89. The molecular formula is C15H19N3O. The molecule has 0 spiro atoms. The molecule has 1 N–H and O–H groups in total. The molecule has 2 aromatic rings. The average Bonchev–Trinajstić information content (AvgIpc) is 2.97. The van der Waals surface area contributed by atoms with Crippen molar-refractivity contribution in [2.45, 2.75) is 25.4 Å². The summed E-state index contributed by atoms with van der Waals surface area (Å²) in [5.74, 6) is 1.03. The number of fused-ring (bicyclic) bond motifs is 1. The Hall–Kier alpha value is -1.81. The standard InChI is InChI=1S/C15H19N3O/c1-2-5-15-13(4-1)14(6-11-19-15)17-7-3-9-18-10-8-16-12-18/h1-2,4-5,8,10,12,14,17H,3,6-7,9,11H2. The van der Waals surface area contributed by atoms with Crippen LogP contribution in [0, 0.1) is 0 Å². The molecule has 1 aliphatic rings. The van der Waals surface area contributed by atoms with Crippen molar-refractivity contribution in [2.24, 2.45) is 0 Å². The predicted octanol–water partition coefficient (Wildman–Crippen LogP) is 2.39. The first-order chi connectivity index (χ1) is 9.43. The van der Waals surface area contributed by atoms with Crippen molar-refractivity contribution in [3.63, 3.8) is 0 Å². The van der Waals surface area contributed by atoms with Crippen LogP contribution in [0.4, 0.5) is 0 Å². The molecule has 1 aromatic heterocycles. The van der Waals surface area contributed by atoms with Crippen LogP contribution >= 0.6 is 0 Å². The third kappa shape index (κ3) is 2.96. The number of nitrogens with one attached hydrogen (secondary N) is 1. The van der Waals surface area contributed by atoms with Gasteiger partial charge in [-0.1, -0.05) is 18.2 Å². The van der Waals surface area contributed by atoms with E-state index in [1.165, 1.54) is 5.56 Å². The van der Waals surface area contributed by atoms with Crippen LogP contribution in [0.1, 0.15) is 24.4 Å². The van der Waals surface area contributed by atoms with E-state index in [0.717, 1.165) is 38.3 Å². The van der Waals surface area contributed by atoms with E-state index in [1.54, 1.807) is 0 Å². The van der Waals surface area contributed by atoms with Crippen LogP contribution in [0.5, 0.6) is 5.75 Å². The highest BCUT2D eigenvalue weighted by Crippen LogP contribution is 2.31. The molecule has 0 bridgehead atoms. The molecule has 0 fully saturated rings. The summed E-state index contributed by atoms with van der Waals surface area (Å²) in [5, 5.41) is 3.63. The zero-order valence-corrected chi connectivity index (χ0v) is 11.0. The second-order valence-corrected chi connectivity index (χ2v) is 4.84. The molecule has 1 aromatic carbocycles. The van der Waals surface area contributed by atoms with Crippen LogP contribution in [0.25, 0.3) is 0 Å². The largest absolute Gasteiger partial charge is 0.493 e. The fourth-order valence-electron chi connectivity index (χ4n) is 2.51. The number of aromatic nitrogens is 2. The molecule has 0 radical (unpaired) electrons. The van der Waals surface area contributed by atoms with Crippen LogP contribution in [0.3, 0.4) is 0 Å². The number of hydrogen-bond acceptors (Lipinski definition) is 3. The Morgan fingerprint density at radius 1 is 1.37 bits per heavy atom. The molecule has 0 amide bonds. The molecule has 1 aliphatic heterocycles. The lowest BCUT2D eigenvalue weighted by atomic mass is 10.0. The first-order valence-corrected chi connectivity index (χ1v) is 6.84.